The highest BCUT2D eigenvalue weighted by atomic mass is 19.4. The average molecular weight is 407 g/mol. The molecule has 0 bridgehead atoms. The number of nitrogens with zero attached hydrogens (tertiary/aromatic N) is 2. The quantitative estimate of drug-likeness (QED) is 0.536. The number of rotatable bonds is 8. The van der Waals surface area contributed by atoms with Gasteiger partial charge in [-0.2, -0.15) is 27.1 Å². The van der Waals surface area contributed by atoms with Gasteiger partial charge in [0.05, 0.1) is 7.11 Å². The summed E-state index contributed by atoms with van der Waals surface area (Å²) in [7, 11) is 1.25. The summed E-state index contributed by atoms with van der Waals surface area (Å²) in [4.78, 5) is 12.1. The van der Waals surface area contributed by atoms with Crippen LogP contribution in [0.2, 0.25) is 0 Å². The van der Waals surface area contributed by atoms with Crippen LogP contribution in [0.1, 0.15) is 28.2 Å². The standard InChI is InChI=1S/C17H18F5N3O3/c1-10-8-14(17(20,21)22)24-25(10)7-3-6-23-15(26)11-4-5-12(28-16(18)19)13(9-11)27-2/h4-5,8-9,16H,3,6-7H2,1-2H3,(H,23,26). The van der Waals surface area contributed by atoms with Gasteiger partial charge < -0.3 is 14.8 Å². The van der Waals surface area contributed by atoms with Gasteiger partial charge in [0.1, 0.15) is 0 Å². The van der Waals surface area contributed by atoms with E-state index in [0.717, 1.165) is 6.07 Å². The van der Waals surface area contributed by atoms with Crippen molar-refractivity contribution >= 4 is 5.91 Å². The van der Waals surface area contributed by atoms with E-state index in [1.165, 1.54) is 36.9 Å². The monoisotopic (exact) mass is 407 g/mol. The molecule has 1 aromatic heterocycles. The Hall–Kier alpha value is -2.85. The van der Waals surface area contributed by atoms with Gasteiger partial charge in [-0.3, -0.25) is 9.48 Å². The molecule has 154 valence electrons. The fourth-order valence-electron chi connectivity index (χ4n) is 2.41. The Morgan fingerprint density at radius 3 is 2.54 bits per heavy atom. The van der Waals surface area contributed by atoms with Crippen LogP contribution < -0.4 is 14.8 Å². The van der Waals surface area contributed by atoms with Crippen LogP contribution >= 0.6 is 0 Å². The number of halogens is 5. The number of aromatic nitrogens is 2. The maximum Gasteiger partial charge on any atom is 0.435 e. The minimum atomic E-state index is -4.51. The Kier molecular flexibility index (Phi) is 6.81. The smallest absolute Gasteiger partial charge is 0.435 e. The molecule has 11 heteroatoms. The zero-order valence-corrected chi connectivity index (χ0v) is 15.0. The van der Waals surface area contributed by atoms with E-state index in [4.69, 9.17) is 4.74 Å². The molecule has 0 radical (unpaired) electrons. The van der Waals surface area contributed by atoms with Crippen molar-refractivity contribution in [3.05, 3.63) is 41.2 Å². The Morgan fingerprint density at radius 2 is 1.96 bits per heavy atom. The minimum Gasteiger partial charge on any atom is -0.493 e. The number of alkyl halides is 5. The summed E-state index contributed by atoms with van der Waals surface area (Å²) >= 11 is 0. The van der Waals surface area contributed by atoms with Crippen LogP contribution in [0.15, 0.2) is 24.3 Å². The Balaban J connectivity index is 1.90. The molecule has 0 saturated heterocycles. The summed E-state index contributed by atoms with van der Waals surface area (Å²) in [6, 6.07) is 4.68. The molecule has 1 N–H and O–H groups in total. The average Bonchev–Trinajstić information content (AvgIpc) is 2.99. The molecule has 0 atom stereocenters. The summed E-state index contributed by atoms with van der Waals surface area (Å²) in [6.45, 7) is -1.16. The number of carbonyl (C=O) groups is 1. The van der Waals surface area contributed by atoms with E-state index in [-0.39, 0.29) is 30.2 Å². The molecule has 0 saturated carbocycles. The third-order valence-corrected chi connectivity index (χ3v) is 3.75. The van der Waals surface area contributed by atoms with Gasteiger partial charge in [-0.15, -0.1) is 0 Å². The maximum absolute atomic E-state index is 12.6. The maximum atomic E-state index is 12.6. The number of carbonyl (C=O) groups excluding carboxylic acids is 1. The van der Waals surface area contributed by atoms with Gasteiger partial charge in [-0.1, -0.05) is 0 Å². The van der Waals surface area contributed by atoms with Crippen LogP contribution in [0.3, 0.4) is 0 Å². The molecule has 0 unspecified atom stereocenters. The van der Waals surface area contributed by atoms with Crippen molar-refractivity contribution in [3.63, 3.8) is 0 Å². The molecule has 0 aliphatic rings. The normalized spacial score (nSPS) is 11.6. The van der Waals surface area contributed by atoms with E-state index in [0.29, 0.717) is 12.1 Å². The largest absolute Gasteiger partial charge is 0.493 e. The molecule has 1 aromatic carbocycles. The zero-order valence-electron chi connectivity index (χ0n) is 15.0. The third-order valence-electron chi connectivity index (χ3n) is 3.75. The first kappa shape index (κ1) is 21.5. The number of hydrogen-bond donors (Lipinski definition) is 1. The molecule has 0 spiro atoms. The van der Waals surface area contributed by atoms with Crippen LogP contribution in [0.5, 0.6) is 11.5 Å². The van der Waals surface area contributed by atoms with Crippen LogP contribution in [-0.2, 0) is 12.7 Å². The van der Waals surface area contributed by atoms with Gasteiger partial charge in [-0.25, -0.2) is 0 Å². The van der Waals surface area contributed by atoms with Gasteiger partial charge in [0.25, 0.3) is 5.91 Å². The number of methoxy groups -OCH3 is 1. The first-order valence-corrected chi connectivity index (χ1v) is 8.14. The highest BCUT2D eigenvalue weighted by Crippen LogP contribution is 2.30. The summed E-state index contributed by atoms with van der Waals surface area (Å²) in [5.74, 6) is -0.724. The second-order valence-corrected chi connectivity index (χ2v) is 5.75. The molecule has 0 aliphatic carbocycles. The lowest BCUT2D eigenvalue weighted by Crippen LogP contribution is -2.25. The van der Waals surface area contributed by atoms with Crippen molar-refractivity contribution in [2.24, 2.45) is 0 Å². The SMILES string of the molecule is COc1cc(C(=O)NCCCn2nc(C(F)(F)F)cc2C)ccc1OC(F)F. The van der Waals surface area contributed by atoms with Crippen LogP contribution in [0, 0.1) is 6.92 Å². The van der Waals surface area contributed by atoms with E-state index in [2.05, 4.69) is 15.2 Å². The Labute approximate surface area is 157 Å². The van der Waals surface area contributed by atoms with Gasteiger partial charge >= 0.3 is 12.8 Å². The number of hydrogen-bond acceptors (Lipinski definition) is 4. The van der Waals surface area contributed by atoms with E-state index in [9.17, 15) is 26.7 Å². The van der Waals surface area contributed by atoms with Crippen molar-refractivity contribution < 1.29 is 36.2 Å². The van der Waals surface area contributed by atoms with E-state index < -0.39 is 24.4 Å². The first-order chi connectivity index (χ1) is 13.1. The number of ether oxygens (including phenoxy) is 2. The second kappa shape index (κ2) is 8.89. The zero-order chi connectivity index (χ0) is 20.9. The molecule has 0 fully saturated rings. The number of amides is 1. The van der Waals surface area contributed by atoms with E-state index in [1.54, 1.807) is 0 Å². The molecule has 2 aromatic rings. The predicted octanol–water partition coefficient (Wildman–Crippen LogP) is 3.64. The van der Waals surface area contributed by atoms with Crippen molar-refractivity contribution in [3.8, 4) is 11.5 Å². The first-order valence-electron chi connectivity index (χ1n) is 8.14. The second-order valence-electron chi connectivity index (χ2n) is 5.75. The molecule has 1 heterocycles. The fourth-order valence-corrected chi connectivity index (χ4v) is 2.41. The third kappa shape index (κ3) is 5.57. The lowest BCUT2D eigenvalue weighted by molar-refractivity contribution is -0.141. The Bertz CT molecular complexity index is 821. The van der Waals surface area contributed by atoms with Crippen LogP contribution in [0.4, 0.5) is 22.0 Å². The Morgan fingerprint density at radius 1 is 1.25 bits per heavy atom. The lowest BCUT2D eigenvalue weighted by atomic mass is 10.2. The molecular weight excluding hydrogens is 389 g/mol. The van der Waals surface area contributed by atoms with Gasteiger partial charge in [-0.05, 0) is 37.6 Å². The highest BCUT2D eigenvalue weighted by molar-refractivity contribution is 5.94. The van der Waals surface area contributed by atoms with Crippen molar-refractivity contribution in [1.29, 1.82) is 0 Å². The van der Waals surface area contributed by atoms with Crippen LogP contribution in [0.25, 0.3) is 0 Å². The topological polar surface area (TPSA) is 65.4 Å². The van der Waals surface area contributed by atoms with E-state index >= 15 is 0 Å². The summed E-state index contributed by atoms with van der Waals surface area (Å²) in [5, 5.41) is 6.09. The van der Waals surface area contributed by atoms with Gasteiger partial charge in [0, 0.05) is 24.3 Å². The highest BCUT2D eigenvalue weighted by Gasteiger charge is 2.34. The number of benzene rings is 1. The molecule has 28 heavy (non-hydrogen) atoms. The molecular formula is C17H18F5N3O3. The summed E-state index contributed by atoms with van der Waals surface area (Å²) in [5.41, 5.74) is -0.446. The summed E-state index contributed by atoms with van der Waals surface area (Å²) < 4.78 is 72.9. The van der Waals surface area contributed by atoms with Crippen LogP contribution in [-0.4, -0.2) is 36.0 Å². The molecule has 2 rings (SSSR count). The molecule has 1 amide bonds. The lowest BCUT2D eigenvalue weighted by Gasteiger charge is -2.11. The van der Waals surface area contributed by atoms with E-state index in [1.807, 2.05) is 0 Å². The molecule has 0 aliphatic heterocycles. The van der Waals surface area contributed by atoms with Gasteiger partial charge in [0.2, 0.25) is 0 Å². The number of aryl methyl sites for hydroxylation is 2. The van der Waals surface area contributed by atoms with Gasteiger partial charge in [0.15, 0.2) is 17.2 Å². The van der Waals surface area contributed by atoms with Crippen molar-refractivity contribution in [2.45, 2.75) is 32.7 Å². The van der Waals surface area contributed by atoms with Crippen molar-refractivity contribution in [1.82, 2.24) is 15.1 Å². The summed E-state index contributed by atoms with van der Waals surface area (Å²) in [6.07, 6.45) is -4.17. The number of nitrogens with one attached hydrogen (secondary N) is 1. The van der Waals surface area contributed by atoms with Crippen molar-refractivity contribution in [2.75, 3.05) is 13.7 Å². The fraction of sp³-hybridized carbons (Fsp3) is 0.412. The minimum absolute atomic E-state index is 0.0280. The predicted molar refractivity (Wildman–Crippen MR) is 88.5 cm³/mol. The molecule has 6 nitrogen and oxygen atoms in total.